The van der Waals surface area contributed by atoms with E-state index in [-0.39, 0.29) is 12.5 Å². The zero-order valence-corrected chi connectivity index (χ0v) is 15.1. The summed E-state index contributed by atoms with van der Waals surface area (Å²) >= 11 is 0. The molecule has 3 aromatic rings. The van der Waals surface area contributed by atoms with E-state index in [1.807, 2.05) is 18.2 Å². The summed E-state index contributed by atoms with van der Waals surface area (Å²) in [5.74, 6) is 0.680. The van der Waals surface area contributed by atoms with Gasteiger partial charge in [-0.15, -0.1) is 10.2 Å². The highest BCUT2D eigenvalue weighted by Gasteiger charge is 2.07. The van der Waals surface area contributed by atoms with Gasteiger partial charge in [-0.3, -0.25) is 4.79 Å². The normalized spacial score (nSPS) is 10.0. The molecule has 28 heavy (non-hydrogen) atoms. The summed E-state index contributed by atoms with van der Waals surface area (Å²) in [5, 5.41) is 13.6. The number of methoxy groups -OCH3 is 1. The van der Waals surface area contributed by atoms with Gasteiger partial charge in [0.1, 0.15) is 5.75 Å². The number of hydrogen-bond acceptors (Lipinski definition) is 7. The Morgan fingerprint density at radius 1 is 0.893 bits per heavy atom. The maximum atomic E-state index is 11.9. The molecule has 1 aromatic heterocycles. The predicted octanol–water partition coefficient (Wildman–Crippen LogP) is 3.02. The van der Waals surface area contributed by atoms with Crippen LogP contribution in [0.5, 0.6) is 5.75 Å². The molecule has 0 spiro atoms. The second kappa shape index (κ2) is 9.13. The molecule has 3 rings (SSSR count). The number of nitrogens with one attached hydrogen (secondary N) is 2. The van der Waals surface area contributed by atoms with Crippen LogP contribution >= 0.6 is 0 Å². The number of aromatic nitrogens is 2. The van der Waals surface area contributed by atoms with Crippen molar-refractivity contribution in [3.8, 4) is 5.75 Å². The fraction of sp³-hybridized carbons (Fsp3) is 0.100. The quantitative estimate of drug-likeness (QED) is 0.609. The van der Waals surface area contributed by atoms with Crippen molar-refractivity contribution in [3.63, 3.8) is 0 Å². The van der Waals surface area contributed by atoms with Crippen LogP contribution in [0, 0.1) is 0 Å². The summed E-state index contributed by atoms with van der Waals surface area (Å²) in [6, 6.07) is 19.1. The van der Waals surface area contributed by atoms with Gasteiger partial charge in [0.15, 0.2) is 18.2 Å². The molecule has 2 N–H and O–H groups in total. The lowest BCUT2D eigenvalue weighted by molar-refractivity contribution is -0.118. The van der Waals surface area contributed by atoms with Gasteiger partial charge >= 0.3 is 5.97 Å². The zero-order valence-electron chi connectivity index (χ0n) is 15.1. The monoisotopic (exact) mass is 378 g/mol. The average Bonchev–Trinajstić information content (AvgIpc) is 2.74. The molecule has 0 aliphatic carbocycles. The van der Waals surface area contributed by atoms with Gasteiger partial charge in [-0.1, -0.05) is 18.2 Å². The van der Waals surface area contributed by atoms with Crippen LogP contribution < -0.4 is 15.4 Å². The van der Waals surface area contributed by atoms with Crippen LogP contribution in [0.2, 0.25) is 0 Å². The van der Waals surface area contributed by atoms with Gasteiger partial charge in [-0.25, -0.2) is 4.79 Å². The number of nitrogens with zero attached hydrogens (tertiary/aromatic N) is 2. The Kier molecular flexibility index (Phi) is 6.14. The van der Waals surface area contributed by atoms with E-state index in [2.05, 4.69) is 25.6 Å². The van der Waals surface area contributed by atoms with Crippen molar-refractivity contribution in [2.45, 2.75) is 0 Å². The minimum absolute atomic E-state index is 0.127. The fourth-order valence-electron chi connectivity index (χ4n) is 2.27. The van der Waals surface area contributed by atoms with Crippen LogP contribution in [-0.4, -0.2) is 35.8 Å². The number of ether oxygens (including phenoxy) is 2. The first-order valence-electron chi connectivity index (χ1n) is 8.41. The van der Waals surface area contributed by atoms with E-state index in [1.54, 1.807) is 48.5 Å². The highest BCUT2D eigenvalue weighted by molar-refractivity contribution is 5.91. The molecule has 1 amide bonds. The van der Waals surface area contributed by atoms with Crippen LogP contribution in [0.3, 0.4) is 0 Å². The number of hydrogen-bond donors (Lipinski definition) is 2. The molecule has 0 fully saturated rings. The number of carbonyl (C=O) groups excluding carboxylic acids is 2. The predicted molar refractivity (Wildman–Crippen MR) is 104 cm³/mol. The van der Waals surface area contributed by atoms with E-state index in [4.69, 9.17) is 4.74 Å². The van der Waals surface area contributed by atoms with Crippen molar-refractivity contribution in [1.82, 2.24) is 10.2 Å². The second-order valence-electron chi connectivity index (χ2n) is 5.65. The summed E-state index contributed by atoms with van der Waals surface area (Å²) in [6.45, 7) is -0.127. The number of benzene rings is 2. The Bertz CT molecular complexity index is 929. The van der Waals surface area contributed by atoms with Gasteiger partial charge in [0.2, 0.25) is 0 Å². The van der Waals surface area contributed by atoms with Crippen LogP contribution in [0.1, 0.15) is 10.4 Å². The standard InChI is InChI=1S/C20H18N4O4/c1-27-20(26)14-7-9-15(10-8-14)21-17-11-12-18(24-23-17)22-19(25)13-28-16-5-3-2-4-6-16/h2-12H,13H2,1H3,(H,21,23)(H,22,24,25). The Morgan fingerprint density at radius 3 is 2.21 bits per heavy atom. The second-order valence-corrected chi connectivity index (χ2v) is 5.65. The summed E-state index contributed by atoms with van der Waals surface area (Å²) in [5.41, 5.74) is 1.19. The number of carbonyl (C=O) groups is 2. The largest absolute Gasteiger partial charge is 0.484 e. The molecule has 0 aliphatic rings. The van der Waals surface area contributed by atoms with Gasteiger partial charge in [0, 0.05) is 5.69 Å². The van der Waals surface area contributed by atoms with Gasteiger partial charge in [0.25, 0.3) is 5.91 Å². The van der Waals surface area contributed by atoms with Crippen LogP contribution in [0.4, 0.5) is 17.3 Å². The van der Waals surface area contributed by atoms with E-state index in [9.17, 15) is 9.59 Å². The molecule has 0 bridgehead atoms. The molecule has 142 valence electrons. The van der Waals surface area contributed by atoms with Gasteiger partial charge in [-0.05, 0) is 48.5 Å². The Hall–Kier alpha value is -3.94. The van der Waals surface area contributed by atoms with Crippen LogP contribution in [0.15, 0.2) is 66.7 Å². The number of anilines is 3. The third-order valence-corrected chi connectivity index (χ3v) is 3.62. The summed E-state index contributed by atoms with van der Waals surface area (Å²) in [4.78, 5) is 23.3. The molecule has 0 unspecified atom stereocenters. The first-order chi connectivity index (χ1) is 13.6. The molecule has 0 atom stereocenters. The third kappa shape index (κ3) is 5.28. The lowest BCUT2D eigenvalue weighted by Gasteiger charge is -2.08. The average molecular weight is 378 g/mol. The lowest BCUT2D eigenvalue weighted by Crippen LogP contribution is -2.21. The van der Waals surface area contributed by atoms with Gasteiger partial charge in [-0.2, -0.15) is 0 Å². The number of amides is 1. The van der Waals surface area contributed by atoms with Crippen molar-refractivity contribution in [2.75, 3.05) is 24.4 Å². The first-order valence-corrected chi connectivity index (χ1v) is 8.41. The molecular formula is C20H18N4O4. The molecule has 0 radical (unpaired) electrons. The SMILES string of the molecule is COC(=O)c1ccc(Nc2ccc(NC(=O)COc3ccccc3)nn2)cc1. The van der Waals surface area contributed by atoms with Crippen molar-refractivity contribution >= 4 is 29.2 Å². The smallest absolute Gasteiger partial charge is 0.337 e. The lowest BCUT2D eigenvalue weighted by atomic mass is 10.2. The molecule has 1 heterocycles. The minimum Gasteiger partial charge on any atom is -0.484 e. The Labute approximate surface area is 161 Å². The van der Waals surface area contributed by atoms with Crippen molar-refractivity contribution in [1.29, 1.82) is 0 Å². The van der Waals surface area contributed by atoms with Crippen molar-refractivity contribution < 1.29 is 19.1 Å². The topological polar surface area (TPSA) is 102 Å². The summed E-state index contributed by atoms with van der Waals surface area (Å²) in [6.07, 6.45) is 0. The minimum atomic E-state index is -0.400. The molecule has 0 saturated heterocycles. The Morgan fingerprint density at radius 2 is 1.57 bits per heavy atom. The zero-order chi connectivity index (χ0) is 19.8. The number of rotatable bonds is 7. The summed E-state index contributed by atoms with van der Waals surface area (Å²) in [7, 11) is 1.33. The molecular weight excluding hydrogens is 360 g/mol. The maximum Gasteiger partial charge on any atom is 0.337 e. The summed E-state index contributed by atoms with van der Waals surface area (Å²) < 4.78 is 10.0. The van der Waals surface area contributed by atoms with E-state index in [0.29, 0.717) is 22.9 Å². The highest BCUT2D eigenvalue weighted by Crippen LogP contribution is 2.16. The molecule has 8 nitrogen and oxygen atoms in total. The third-order valence-electron chi connectivity index (χ3n) is 3.62. The number of para-hydroxylation sites is 1. The van der Waals surface area contributed by atoms with Crippen LogP contribution in [0.25, 0.3) is 0 Å². The van der Waals surface area contributed by atoms with Gasteiger partial charge in [0.05, 0.1) is 12.7 Å². The van der Waals surface area contributed by atoms with Crippen molar-refractivity contribution in [2.24, 2.45) is 0 Å². The molecule has 0 saturated carbocycles. The van der Waals surface area contributed by atoms with Gasteiger partial charge < -0.3 is 20.1 Å². The maximum absolute atomic E-state index is 11.9. The highest BCUT2D eigenvalue weighted by atomic mass is 16.5. The Balaban J connectivity index is 1.51. The van der Waals surface area contributed by atoms with Crippen LogP contribution in [-0.2, 0) is 9.53 Å². The number of esters is 1. The molecule has 2 aromatic carbocycles. The van der Waals surface area contributed by atoms with Crippen molar-refractivity contribution in [3.05, 3.63) is 72.3 Å². The van der Waals surface area contributed by atoms with E-state index in [0.717, 1.165) is 5.69 Å². The van der Waals surface area contributed by atoms with E-state index < -0.39 is 5.97 Å². The van der Waals surface area contributed by atoms with E-state index in [1.165, 1.54) is 7.11 Å². The fourth-order valence-corrected chi connectivity index (χ4v) is 2.27. The molecule has 8 heteroatoms. The first kappa shape index (κ1) is 18.8. The van der Waals surface area contributed by atoms with E-state index >= 15 is 0 Å². The molecule has 0 aliphatic heterocycles.